The first-order valence-corrected chi connectivity index (χ1v) is 7.05. The highest BCUT2D eigenvalue weighted by molar-refractivity contribution is 7.91. The third-order valence-electron chi connectivity index (χ3n) is 3.05. The van der Waals surface area contributed by atoms with Crippen molar-refractivity contribution < 1.29 is 21.6 Å². The van der Waals surface area contributed by atoms with Crippen molar-refractivity contribution in [2.45, 2.75) is 23.4 Å². The second-order valence-corrected chi connectivity index (χ2v) is 6.27. The fraction of sp³-hybridized carbons (Fsp3) is 0.455. The molecule has 0 amide bonds. The van der Waals surface area contributed by atoms with Crippen LogP contribution in [0.2, 0.25) is 0 Å². The van der Waals surface area contributed by atoms with Crippen molar-refractivity contribution in [3.8, 4) is 0 Å². The molecule has 2 N–H and O–H groups in total. The molecule has 1 aliphatic heterocycles. The van der Waals surface area contributed by atoms with Crippen LogP contribution < -0.4 is 5.73 Å². The quantitative estimate of drug-likeness (QED) is 0.899. The van der Waals surface area contributed by atoms with E-state index in [0.717, 1.165) is 12.1 Å². The molecule has 0 bridgehead atoms. The van der Waals surface area contributed by atoms with Crippen LogP contribution >= 0.6 is 0 Å². The first kappa shape index (κ1) is 13.4. The van der Waals surface area contributed by atoms with E-state index in [9.17, 15) is 21.6 Å². The molecule has 1 aromatic rings. The van der Waals surface area contributed by atoms with Crippen LogP contribution in [0.4, 0.5) is 13.2 Å². The maximum Gasteiger partial charge on any atom is 0.416 e. The summed E-state index contributed by atoms with van der Waals surface area (Å²) in [6, 6.07) is 3.28. The molecule has 1 aliphatic rings. The Morgan fingerprint density at radius 2 is 2.00 bits per heavy atom. The van der Waals surface area contributed by atoms with Crippen molar-refractivity contribution in [1.29, 1.82) is 0 Å². The molecule has 2 rings (SSSR count). The van der Waals surface area contributed by atoms with Crippen LogP contribution in [-0.4, -0.2) is 20.7 Å². The number of halogens is 3. The van der Waals surface area contributed by atoms with E-state index in [1.54, 1.807) is 0 Å². The molecule has 7 heteroatoms. The van der Waals surface area contributed by atoms with Crippen molar-refractivity contribution >= 4 is 9.84 Å². The van der Waals surface area contributed by atoms with Gasteiger partial charge in [0.1, 0.15) is 0 Å². The SMILES string of the molecule is NCCC1CS(=O)(=O)c2cccc(C(F)(F)F)c21. The first-order chi connectivity index (χ1) is 8.27. The van der Waals surface area contributed by atoms with Crippen molar-refractivity contribution in [2.24, 2.45) is 5.73 Å². The van der Waals surface area contributed by atoms with Gasteiger partial charge in [-0.3, -0.25) is 0 Å². The van der Waals surface area contributed by atoms with Gasteiger partial charge < -0.3 is 5.73 Å². The van der Waals surface area contributed by atoms with Crippen LogP contribution in [-0.2, 0) is 16.0 Å². The summed E-state index contributed by atoms with van der Waals surface area (Å²) >= 11 is 0. The lowest BCUT2D eigenvalue weighted by molar-refractivity contribution is -0.138. The maximum absolute atomic E-state index is 12.9. The Morgan fingerprint density at radius 1 is 1.33 bits per heavy atom. The summed E-state index contributed by atoms with van der Waals surface area (Å²) in [5, 5.41) is 0. The number of nitrogens with two attached hydrogens (primary N) is 1. The van der Waals surface area contributed by atoms with E-state index in [-0.39, 0.29) is 29.2 Å². The van der Waals surface area contributed by atoms with E-state index in [4.69, 9.17) is 5.73 Å². The zero-order valence-corrected chi connectivity index (χ0v) is 10.2. The normalized spacial score (nSPS) is 21.9. The molecule has 1 atom stereocenters. The van der Waals surface area contributed by atoms with E-state index >= 15 is 0 Å². The van der Waals surface area contributed by atoms with Crippen LogP contribution in [0.15, 0.2) is 23.1 Å². The van der Waals surface area contributed by atoms with Gasteiger partial charge in [-0.15, -0.1) is 0 Å². The summed E-state index contributed by atoms with van der Waals surface area (Å²) in [5.74, 6) is -0.945. The molecule has 0 aliphatic carbocycles. The number of hydrogen-bond acceptors (Lipinski definition) is 3. The zero-order valence-electron chi connectivity index (χ0n) is 9.37. The fourth-order valence-corrected chi connectivity index (χ4v) is 4.29. The topological polar surface area (TPSA) is 60.2 Å². The van der Waals surface area contributed by atoms with Gasteiger partial charge in [0.15, 0.2) is 9.84 Å². The number of alkyl halides is 3. The molecule has 100 valence electrons. The molecule has 1 heterocycles. The summed E-state index contributed by atoms with van der Waals surface area (Å²) < 4.78 is 62.3. The Morgan fingerprint density at radius 3 is 2.56 bits per heavy atom. The zero-order chi connectivity index (χ0) is 13.6. The Kier molecular flexibility index (Phi) is 3.14. The molecule has 0 saturated heterocycles. The average Bonchev–Trinajstić information content (AvgIpc) is 2.50. The monoisotopic (exact) mass is 279 g/mol. The number of hydrogen-bond donors (Lipinski definition) is 1. The van der Waals surface area contributed by atoms with Crippen LogP contribution in [0, 0.1) is 0 Å². The molecule has 0 saturated carbocycles. The van der Waals surface area contributed by atoms with Crippen LogP contribution in [0.5, 0.6) is 0 Å². The molecule has 3 nitrogen and oxygen atoms in total. The standard InChI is InChI=1S/C11H12F3NO2S/c12-11(13,14)8-2-1-3-9-10(8)7(4-5-15)6-18(9,16)17/h1-3,7H,4-6,15H2. The van der Waals surface area contributed by atoms with Gasteiger partial charge in [-0.2, -0.15) is 13.2 Å². The smallest absolute Gasteiger partial charge is 0.330 e. The molecule has 0 fully saturated rings. The Labute approximate surface area is 103 Å². The Bertz CT molecular complexity index is 566. The average molecular weight is 279 g/mol. The van der Waals surface area contributed by atoms with Crippen molar-refractivity contribution in [1.82, 2.24) is 0 Å². The highest BCUT2D eigenvalue weighted by atomic mass is 32.2. The number of fused-ring (bicyclic) bond motifs is 1. The molecule has 18 heavy (non-hydrogen) atoms. The second-order valence-electron chi connectivity index (χ2n) is 4.27. The number of benzene rings is 1. The number of rotatable bonds is 2. The maximum atomic E-state index is 12.9. The molecule has 0 spiro atoms. The van der Waals surface area contributed by atoms with Gasteiger partial charge in [-0.25, -0.2) is 8.42 Å². The third kappa shape index (κ3) is 2.12. The summed E-state index contributed by atoms with van der Waals surface area (Å²) in [6.07, 6.45) is -4.31. The van der Waals surface area contributed by atoms with Crippen molar-refractivity contribution in [2.75, 3.05) is 12.3 Å². The van der Waals surface area contributed by atoms with E-state index < -0.39 is 27.5 Å². The molecular weight excluding hydrogens is 267 g/mol. The molecule has 1 aromatic carbocycles. The summed E-state index contributed by atoms with van der Waals surface area (Å²) in [5.41, 5.74) is 4.36. The van der Waals surface area contributed by atoms with E-state index in [1.165, 1.54) is 6.07 Å². The third-order valence-corrected chi connectivity index (χ3v) is 4.92. The lowest BCUT2D eigenvalue weighted by atomic mass is 9.93. The van der Waals surface area contributed by atoms with E-state index in [1.807, 2.05) is 0 Å². The molecule has 0 aromatic heterocycles. The van der Waals surface area contributed by atoms with Crippen LogP contribution in [0.25, 0.3) is 0 Å². The second kappa shape index (κ2) is 4.24. The summed E-state index contributed by atoms with van der Waals surface area (Å²) in [7, 11) is -3.62. The summed E-state index contributed by atoms with van der Waals surface area (Å²) in [4.78, 5) is -0.198. The number of sulfone groups is 1. The molecular formula is C11H12F3NO2S. The van der Waals surface area contributed by atoms with Crippen molar-refractivity contribution in [3.63, 3.8) is 0 Å². The minimum Gasteiger partial charge on any atom is -0.330 e. The first-order valence-electron chi connectivity index (χ1n) is 5.40. The van der Waals surface area contributed by atoms with E-state index in [0.29, 0.717) is 0 Å². The Hall–Kier alpha value is -1.08. The predicted molar refractivity (Wildman–Crippen MR) is 59.9 cm³/mol. The van der Waals surface area contributed by atoms with Gasteiger partial charge >= 0.3 is 6.18 Å². The van der Waals surface area contributed by atoms with E-state index in [2.05, 4.69) is 0 Å². The minimum atomic E-state index is -4.54. The van der Waals surface area contributed by atoms with Crippen LogP contribution in [0.3, 0.4) is 0 Å². The fourth-order valence-electron chi connectivity index (χ4n) is 2.35. The molecule has 0 radical (unpaired) electrons. The highest BCUT2D eigenvalue weighted by Gasteiger charge is 2.43. The predicted octanol–water partition coefficient (Wildman–Crippen LogP) is 1.93. The Balaban J connectivity index is 2.67. The van der Waals surface area contributed by atoms with Gasteiger partial charge in [0.25, 0.3) is 0 Å². The van der Waals surface area contributed by atoms with Crippen LogP contribution in [0.1, 0.15) is 23.5 Å². The van der Waals surface area contributed by atoms with Gasteiger partial charge in [0, 0.05) is 5.92 Å². The largest absolute Gasteiger partial charge is 0.416 e. The van der Waals surface area contributed by atoms with Crippen molar-refractivity contribution in [3.05, 3.63) is 29.3 Å². The molecule has 1 unspecified atom stereocenters. The highest BCUT2D eigenvalue weighted by Crippen LogP contribution is 2.44. The van der Waals surface area contributed by atoms with Gasteiger partial charge in [-0.1, -0.05) is 6.07 Å². The van der Waals surface area contributed by atoms with Gasteiger partial charge in [0.05, 0.1) is 16.2 Å². The van der Waals surface area contributed by atoms with Gasteiger partial charge in [-0.05, 0) is 30.7 Å². The lowest BCUT2D eigenvalue weighted by Crippen LogP contribution is -2.14. The summed E-state index contributed by atoms with van der Waals surface area (Å²) in [6.45, 7) is 0.159. The minimum absolute atomic E-state index is 0.115. The van der Waals surface area contributed by atoms with Gasteiger partial charge in [0.2, 0.25) is 0 Å². The lowest BCUT2D eigenvalue weighted by Gasteiger charge is -2.15.